The lowest BCUT2D eigenvalue weighted by Gasteiger charge is -2.12. The van der Waals surface area contributed by atoms with E-state index in [2.05, 4.69) is 22.1 Å². The number of benzene rings is 1. The summed E-state index contributed by atoms with van der Waals surface area (Å²) >= 11 is 0. The molecule has 20 heavy (non-hydrogen) atoms. The van der Waals surface area contributed by atoms with Gasteiger partial charge in [0.1, 0.15) is 5.82 Å². The number of aryl methyl sites for hydroxylation is 2. The minimum absolute atomic E-state index is 0.194. The predicted molar refractivity (Wildman–Crippen MR) is 75.0 cm³/mol. The molecule has 2 aromatic rings. The molecule has 1 aliphatic rings. The van der Waals surface area contributed by atoms with Crippen molar-refractivity contribution in [2.24, 2.45) is 0 Å². The average Bonchev–Trinajstić information content (AvgIpc) is 2.90. The largest absolute Gasteiger partial charge is 0.478 e. The van der Waals surface area contributed by atoms with Crippen molar-refractivity contribution in [1.82, 2.24) is 9.97 Å². The molecule has 0 bridgehead atoms. The quantitative estimate of drug-likeness (QED) is 0.929. The molecule has 4 nitrogen and oxygen atoms in total. The Labute approximate surface area is 117 Å². The van der Waals surface area contributed by atoms with Gasteiger partial charge in [-0.3, -0.25) is 0 Å². The minimum atomic E-state index is -0.958. The van der Waals surface area contributed by atoms with E-state index in [9.17, 15) is 4.79 Å². The molecule has 4 heteroatoms. The lowest BCUT2D eigenvalue weighted by molar-refractivity contribution is 0.0694. The van der Waals surface area contributed by atoms with Crippen LogP contribution in [0.25, 0.3) is 0 Å². The number of carboxylic acid groups (broad SMARTS) is 1. The number of carboxylic acids is 1. The van der Waals surface area contributed by atoms with Gasteiger partial charge in [-0.15, -0.1) is 0 Å². The van der Waals surface area contributed by atoms with Gasteiger partial charge in [0, 0.05) is 12.1 Å². The lowest BCUT2D eigenvalue weighted by atomic mass is 10.00. The molecule has 1 aromatic carbocycles. The maximum absolute atomic E-state index is 11.1. The second-order valence-corrected chi connectivity index (χ2v) is 5.04. The number of rotatable bonds is 3. The summed E-state index contributed by atoms with van der Waals surface area (Å²) in [7, 11) is 0. The van der Waals surface area contributed by atoms with Crippen LogP contribution < -0.4 is 0 Å². The van der Waals surface area contributed by atoms with Gasteiger partial charge in [-0.2, -0.15) is 0 Å². The number of nitrogens with zero attached hydrogens (tertiary/aromatic N) is 2. The summed E-state index contributed by atoms with van der Waals surface area (Å²) in [5, 5.41) is 9.13. The predicted octanol–water partition coefficient (Wildman–Crippen LogP) is 2.82. The van der Waals surface area contributed by atoms with E-state index in [1.807, 2.05) is 19.1 Å². The Morgan fingerprint density at radius 2 is 2.20 bits per heavy atom. The van der Waals surface area contributed by atoms with Gasteiger partial charge in [0.2, 0.25) is 0 Å². The van der Waals surface area contributed by atoms with Gasteiger partial charge in [-0.25, -0.2) is 14.8 Å². The normalized spacial score (nSPS) is 16.9. The van der Waals surface area contributed by atoms with Gasteiger partial charge >= 0.3 is 5.97 Å². The molecule has 0 aliphatic heterocycles. The van der Waals surface area contributed by atoms with Crippen LogP contribution in [0, 0.1) is 0 Å². The number of hydrogen-bond donors (Lipinski definition) is 1. The van der Waals surface area contributed by atoms with Crippen LogP contribution in [-0.2, 0) is 12.8 Å². The highest BCUT2D eigenvalue weighted by molar-refractivity contribution is 5.88. The molecule has 1 aliphatic carbocycles. The third-order valence-electron chi connectivity index (χ3n) is 3.90. The van der Waals surface area contributed by atoms with E-state index >= 15 is 0 Å². The molecular weight excluding hydrogens is 252 g/mol. The van der Waals surface area contributed by atoms with E-state index in [1.165, 1.54) is 17.3 Å². The molecule has 1 atom stereocenters. The van der Waals surface area contributed by atoms with Crippen molar-refractivity contribution in [2.75, 3.05) is 0 Å². The topological polar surface area (TPSA) is 63.1 Å². The molecule has 102 valence electrons. The van der Waals surface area contributed by atoms with Crippen LogP contribution in [-0.4, -0.2) is 21.0 Å². The molecule has 0 fully saturated rings. The van der Waals surface area contributed by atoms with E-state index < -0.39 is 5.97 Å². The van der Waals surface area contributed by atoms with E-state index in [0.717, 1.165) is 18.7 Å². The van der Waals surface area contributed by atoms with Crippen molar-refractivity contribution < 1.29 is 9.90 Å². The van der Waals surface area contributed by atoms with Crippen LogP contribution in [0.1, 0.15) is 52.3 Å². The third kappa shape index (κ3) is 2.07. The van der Waals surface area contributed by atoms with Gasteiger partial charge in [-0.05, 0) is 30.4 Å². The highest BCUT2D eigenvalue weighted by Gasteiger charge is 2.26. The lowest BCUT2D eigenvalue weighted by Crippen LogP contribution is -2.11. The smallest absolute Gasteiger partial charge is 0.339 e. The first-order chi connectivity index (χ1) is 9.70. The van der Waals surface area contributed by atoms with E-state index in [4.69, 9.17) is 5.11 Å². The fraction of sp³-hybridized carbons (Fsp3) is 0.312. The summed E-state index contributed by atoms with van der Waals surface area (Å²) in [6, 6.07) is 8.34. The molecule has 0 spiro atoms. The first kappa shape index (κ1) is 12.8. The fourth-order valence-corrected chi connectivity index (χ4v) is 2.87. The highest BCUT2D eigenvalue weighted by Crippen LogP contribution is 2.36. The van der Waals surface area contributed by atoms with E-state index in [-0.39, 0.29) is 11.5 Å². The number of carbonyl (C=O) groups is 1. The van der Waals surface area contributed by atoms with E-state index in [1.54, 1.807) is 0 Å². The molecule has 0 radical (unpaired) electrons. The third-order valence-corrected chi connectivity index (χ3v) is 3.90. The Hall–Kier alpha value is -2.23. The molecule has 1 unspecified atom stereocenters. The summed E-state index contributed by atoms with van der Waals surface area (Å²) in [4.78, 5) is 19.9. The zero-order valence-electron chi connectivity index (χ0n) is 11.3. The standard InChI is InChI=1S/C16H16N2O2/c1-2-14-13(16(19)20)9-17-15(18-14)12-8-7-10-5-3-4-6-11(10)12/h3-6,9,12H,2,7-8H2,1H3,(H,19,20). The summed E-state index contributed by atoms with van der Waals surface area (Å²) in [6.07, 6.45) is 4.08. The van der Waals surface area contributed by atoms with Gasteiger partial charge in [0.25, 0.3) is 0 Å². The first-order valence-electron chi connectivity index (χ1n) is 6.87. The van der Waals surface area contributed by atoms with Crippen molar-refractivity contribution in [3.8, 4) is 0 Å². The molecule has 1 N–H and O–H groups in total. The van der Waals surface area contributed by atoms with Gasteiger partial charge in [0.15, 0.2) is 0 Å². The van der Waals surface area contributed by atoms with Crippen molar-refractivity contribution >= 4 is 5.97 Å². The molecule has 0 saturated heterocycles. The zero-order chi connectivity index (χ0) is 14.1. The number of hydrogen-bond acceptors (Lipinski definition) is 3. The number of fused-ring (bicyclic) bond motifs is 1. The monoisotopic (exact) mass is 268 g/mol. The first-order valence-corrected chi connectivity index (χ1v) is 6.87. The second kappa shape index (κ2) is 5.04. The molecule has 1 aromatic heterocycles. The van der Waals surface area contributed by atoms with Crippen LogP contribution in [0.2, 0.25) is 0 Å². The van der Waals surface area contributed by atoms with Crippen molar-refractivity contribution in [3.63, 3.8) is 0 Å². The number of aromatic carboxylic acids is 1. The Morgan fingerprint density at radius 1 is 1.40 bits per heavy atom. The summed E-state index contributed by atoms with van der Waals surface area (Å²) in [5.41, 5.74) is 3.45. The van der Waals surface area contributed by atoms with Crippen LogP contribution in [0.4, 0.5) is 0 Å². The summed E-state index contributed by atoms with van der Waals surface area (Å²) in [5.74, 6) is -0.0173. The van der Waals surface area contributed by atoms with Crippen LogP contribution in [0.5, 0.6) is 0 Å². The van der Waals surface area contributed by atoms with Gasteiger partial charge in [-0.1, -0.05) is 31.2 Å². The molecule has 0 amide bonds. The second-order valence-electron chi connectivity index (χ2n) is 5.04. The Balaban J connectivity index is 2.02. The van der Waals surface area contributed by atoms with Crippen molar-refractivity contribution in [3.05, 3.63) is 58.7 Å². The zero-order valence-corrected chi connectivity index (χ0v) is 11.3. The van der Waals surface area contributed by atoms with Gasteiger partial charge in [0.05, 0.1) is 11.3 Å². The molecular formula is C16H16N2O2. The molecule has 1 heterocycles. The highest BCUT2D eigenvalue weighted by atomic mass is 16.4. The van der Waals surface area contributed by atoms with Crippen LogP contribution >= 0.6 is 0 Å². The van der Waals surface area contributed by atoms with Gasteiger partial charge < -0.3 is 5.11 Å². The average molecular weight is 268 g/mol. The van der Waals surface area contributed by atoms with E-state index in [0.29, 0.717) is 12.1 Å². The molecule has 0 saturated carbocycles. The number of aromatic nitrogens is 2. The fourth-order valence-electron chi connectivity index (χ4n) is 2.87. The van der Waals surface area contributed by atoms with Crippen molar-refractivity contribution in [2.45, 2.75) is 32.1 Å². The Kier molecular flexibility index (Phi) is 3.22. The van der Waals surface area contributed by atoms with Crippen LogP contribution in [0.3, 0.4) is 0 Å². The maximum atomic E-state index is 11.1. The maximum Gasteiger partial charge on any atom is 0.339 e. The summed E-state index contributed by atoms with van der Waals surface area (Å²) < 4.78 is 0. The Morgan fingerprint density at radius 3 is 2.95 bits per heavy atom. The molecule has 3 rings (SSSR count). The minimum Gasteiger partial charge on any atom is -0.478 e. The van der Waals surface area contributed by atoms with Crippen molar-refractivity contribution in [1.29, 1.82) is 0 Å². The SMILES string of the molecule is CCc1nc(C2CCc3ccccc32)ncc1C(=O)O. The van der Waals surface area contributed by atoms with Crippen LogP contribution in [0.15, 0.2) is 30.5 Å². The Bertz CT molecular complexity index is 667. The summed E-state index contributed by atoms with van der Waals surface area (Å²) in [6.45, 7) is 1.92.